The molecule has 0 fully saturated rings. The molecule has 0 saturated carbocycles. The molecule has 0 amide bonds. The zero-order valence-corrected chi connectivity index (χ0v) is 9.94. The van der Waals surface area contributed by atoms with Gasteiger partial charge in [-0.3, -0.25) is 4.98 Å². The van der Waals surface area contributed by atoms with Gasteiger partial charge in [0.2, 0.25) is 0 Å². The second kappa shape index (κ2) is 3.75. The summed E-state index contributed by atoms with van der Waals surface area (Å²) >= 11 is 0. The molecule has 0 unspecified atom stereocenters. The quantitative estimate of drug-likeness (QED) is 0.715. The summed E-state index contributed by atoms with van der Waals surface area (Å²) in [6, 6.07) is 6.46. The minimum absolute atomic E-state index is 0.228. The summed E-state index contributed by atoms with van der Waals surface area (Å²) in [7, 11) is 0. The summed E-state index contributed by atoms with van der Waals surface area (Å²) in [5.74, 6) is 0.609. The summed E-state index contributed by atoms with van der Waals surface area (Å²) < 4.78 is 0. The average Bonchev–Trinajstić information content (AvgIpc) is 2.28. The van der Waals surface area contributed by atoms with Crippen LogP contribution in [0.15, 0.2) is 24.4 Å². The van der Waals surface area contributed by atoms with Gasteiger partial charge in [0.05, 0.1) is 17.2 Å². The van der Waals surface area contributed by atoms with Crippen molar-refractivity contribution in [1.82, 2.24) is 4.98 Å². The number of fused-ring (bicyclic) bond motifs is 1. The first kappa shape index (κ1) is 10.9. The van der Waals surface area contributed by atoms with Crippen molar-refractivity contribution >= 4 is 6.08 Å². The zero-order chi connectivity index (χ0) is 11.8. The minimum atomic E-state index is -0.359. The minimum Gasteiger partial charge on any atom is -0.257 e. The van der Waals surface area contributed by atoms with E-state index >= 15 is 0 Å². The van der Waals surface area contributed by atoms with Gasteiger partial charge in [0, 0.05) is 12.1 Å². The van der Waals surface area contributed by atoms with E-state index in [1.54, 1.807) is 6.20 Å². The van der Waals surface area contributed by atoms with Gasteiger partial charge in [-0.05, 0) is 37.5 Å². The molecular formula is C14H16N2. The monoisotopic (exact) mass is 212 g/mol. The topological polar surface area (TPSA) is 36.7 Å². The number of hydrogen-bond donors (Lipinski definition) is 0. The summed E-state index contributed by atoms with van der Waals surface area (Å²) in [5.41, 5.74) is 1.85. The number of allylic oxidation sites excluding steroid dienone is 1. The lowest BCUT2D eigenvalue weighted by Crippen LogP contribution is -2.27. The number of pyridine rings is 1. The van der Waals surface area contributed by atoms with E-state index in [-0.39, 0.29) is 11.3 Å². The number of nitriles is 1. The van der Waals surface area contributed by atoms with Gasteiger partial charge in [-0.2, -0.15) is 5.26 Å². The van der Waals surface area contributed by atoms with Crippen molar-refractivity contribution in [3.8, 4) is 6.07 Å². The molecule has 2 nitrogen and oxygen atoms in total. The molecule has 1 aromatic heterocycles. The van der Waals surface area contributed by atoms with Crippen LogP contribution in [0.2, 0.25) is 0 Å². The zero-order valence-electron chi connectivity index (χ0n) is 9.94. The predicted molar refractivity (Wildman–Crippen MR) is 64.6 cm³/mol. The molecule has 1 aliphatic rings. The van der Waals surface area contributed by atoms with E-state index in [2.05, 4.69) is 36.2 Å². The molecule has 0 N–H and O–H groups in total. The van der Waals surface area contributed by atoms with Crippen LogP contribution in [0.25, 0.3) is 6.08 Å². The Hall–Kier alpha value is -1.62. The first-order valence-electron chi connectivity index (χ1n) is 5.60. The van der Waals surface area contributed by atoms with E-state index in [1.165, 1.54) is 5.56 Å². The van der Waals surface area contributed by atoms with Crippen molar-refractivity contribution in [3.63, 3.8) is 0 Å². The molecule has 0 bridgehead atoms. The van der Waals surface area contributed by atoms with Gasteiger partial charge in [-0.25, -0.2) is 0 Å². The fourth-order valence-corrected chi connectivity index (χ4v) is 2.58. The lowest BCUT2D eigenvalue weighted by Gasteiger charge is -2.35. The maximum atomic E-state index is 9.30. The Kier molecular flexibility index (Phi) is 2.55. The molecule has 0 aromatic carbocycles. The molecular weight excluding hydrogens is 196 g/mol. The largest absolute Gasteiger partial charge is 0.257 e. The van der Waals surface area contributed by atoms with Crippen molar-refractivity contribution in [3.05, 3.63) is 35.7 Å². The Labute approximate surface area is 96.6 Å². The van der Waals surface area contributed by atoms with Gasteiger partial charge >= 0.3 is 0 Å². The number of rotatable bonds is 1. The van der Waals surface area contributed by atoms with Crippen molar-refractivity contribution < 1.29 is 0 Å². The Morgan fingerprint density at radius 3 is 2.88 bits per heavy atom. The normalized spacial score (nSPS) is 23.6. The SMILES string of the molecule is C[C@H]1C=Cc2ncccc2[C@H]1C(C)(C)C#N. The maximum Gasteiger partial charge on any atom is 0.0690 e. The first-order valence-corrected chi connectivity index (χ1v) is 5.60. The highest BCUT2D eigenvalue weighted by atomic mass is 14.7. The predicted octanol–water partition coefficient (Wildman–Crippen LogP) is 3.38. The third-order valence-electron chi connectivity index (χ3n) is 3.36. The van der Waals surface area contributed by atoms with E-state index in [4.69, 9.17) is 0 Å². The Morgan fingerprint density at radius 1 is 1.44 bits per heavy atom. The van der Waals surface area contributed by atoms with Crippen LogP contribution in [0.1, 0.15) is 37.9 Å². The molecule has 0 saturated heterocycles. The van der Waals surface area contributed by atoms with Crippen LogP contribution >= 0.6 is 0 Å². The third kappa shape index (κ3) is 1.63. The Balaban J connectivity index is 2.55. The number of hydrogen-bond acceptors (Lipinski definition) is 2. The van der Waals surface area contributed by atoms with Gasteiger partial charge in [-0.15, -0.1) is 0 Å². The highest BCUT2D eigenvalue weighted by Gasteiger charge is 2.37. The third-order valence-corrected chi connectivity index (χ3v) is 3.36. The second-order valence-corrected chi connectivity index (χ2v) is 5.01. The molecule has 2 atom stereocenters. The Morgan fingerprint density at radius 2 is 2.19 bits per heavy atom. The van der Waals surface area contributed by atoms with Crippen molar-refractivity contribution in [2.75, 3.05) is 0 Å². The van der Waals surface area contributed by atoms with Crippen LogP contribution in [-0.4, -0.2) is 4.98 Å². The summed E-state index contributed by atoms with van der Waals surface area (Å²) in [6.07, 6.45) is 6.01. The molecule has 16 heavy (non-hydrogen) atoms. The number of aromatic nitrogens is 1. The van der Waals surface area contributed by atoms with E-state index in [0.717, 1.165) is 5.69 Å². The molecule has 0 aliphatic heterocycles. The molecule has 82 valence electrons. The summed E-state index contributed by atoms with van der Waals surface area (Å²) in [6.45, 7) is 6.17. The van der Waals surface area contributed by atoms with Gasteiger partial charge < -0.3 is 0 Å². The maximum absolute atomic E-state index is 9.30. The van der Waals surface area contributed by atoms with Crippen LogP contribution in [0.3, 0.4) is 0 Å². The van der Waals surface area contributed by atoms with Crippen molar-refractivity contribution in [1.29, 1.82) is 5.26 Å². The van der Waals surface area contributed by atoms with Crippen LogP contribution in [0.4, 0.5) is 0 Å². The van der Waals surface area contributed by atoms with Gasteiger partial charge in [-0.1, -0.05) is 19.1 Å². The van der Waals surface area contributed by atoms with Crippen LogP contribution in [0.5, 0.6) is 0 Å². The average molecular weight is 212 g/mol. The first-order chi connectivity index (χ1) is 7.56. The second-order valence-electron chi connectivity index (χ2n) is 5.01. The summed E-state index contributed by atoms with van der Waals surface area (Å²) in [5, 5.41) is 9.30. The molecule has 1 aromatic rings. The van der Waals surface area contributed by atoms with Crippen LogP contribution < -0.4 is 0 Å². The van der Waals surface area contributed by atoms with E-state index < -0.39 is 0 Å². The lowest BCUT2D eigenvalue weighted by atomic mass is 9.67. The standard InChI is InChI=1S/C14H16N2/c1-10-6-7-12-11(5-4-8-16-12)13(10)14(2,3)9-15/h4-8,10,13H,1-3H3/t10-,13-/m0/s1. The van der Waals surface area contributed by atoms with Crippen LogP contribution in [-0.2, 0) is 0 Å². The molecule has 1 heterocycles. The molecule has 2 heteroatoms. The van der Waals surface area contributed by atoms with E-state index in [9.17, 15) is 5.26 Å². The Bertz CT molecular complexity index is 466. The smallest absolute Gasteiger partial charge is 0.0690 e. The van der Waals surface area contributed by atoms with Crippen molar-refractivity contribution in [2.45, 2.75) is 26.7 Å². The molecule has 1 aliphatic carbocycles. The van der Waals surface area contributed by atoms with E-state index in [1.807, 2.05) is 19.9 Å². The van der Waals surface area contributed by atoms with Crippen LogP contribution in [0, 0.1) is 22.7 Å². The van der Waals surface area contributed by atoms with Gasteiger partial charge in [0.15, 0.2) is 0 Å². The van der Waals surface area contributed by atoms with Crippen molar-refractivity contribution in [2.24, 2.45) is 11.3 Å². The fourth-order valence-electron chi connectivity index (χ4n) is 2.58. The van der Waals surface area contributed by atoms with Gasteiger partial charge in [0.1, 0.15) is 0 Å². The van der Waals surface area contributed by atoms with Gasteiger partial charge in [0.25, 0.3) is 0 Å². The van der Waals surface area contributed by atoms with E-state index in [0.29, 0.717) is 5.92 Å². The highest BCUT2D eigenvalue weighted by molar-refractivity contribution is 5.55. The molecule has 2 rings (SSSR count). The highest BCUT2D eigenvalue weighted by Crippen LogP contribution is 2.44. The molecule has 0 spiro atoms. The number of nitrogens with zero attached hydrogens (tertiary/aromatic N) is 2. The summed E-state index contributed by atoms with van der Waals surface area (Å²) in [4.78, 5) is 4.36. The lowest BCUT2D eigenvalue weighted by molar-refractivity contribution is 0.324. The fraction of sp³-hybridized carbons (Fsp3) is 0.429. The molecule has 0 radical (unpaired) electrons.